The number of piperidine rings is 1. The molecule has 5 nitrogen and oxygen atoms in total. The third-order valence-corrected chi connectivity index (χ3v) is 6.05. The van der Waals surface area contributed by atoms with Crippen LogP contribution in [0.4, 0.5) is 18.9 Å². The lowest BCUT2D eigenvalue weighted by Gasteiger charge is -2.29. The maximum absolute atomic E-state index is 13.0. The molecule has 8 heteroatoms. The minimum absolute atomic E-state index is 0.0236. The Labute approximate surface area is 196 Å². The third-order valence-electron chi connectivity index (χ3n) is 6.05. The van der Waals surface area contributed by atoms with Crippen molar-refractivity contribution in [2.75, 3.05) is 25.1 Å². The molecular weight excluding hydrogens is 443 g/mol. The van der Waals surface area contributed by atoms with Crippen molar-refractivity contribution in [2.45, 2.75) is 38.8 Å². The van der Waals surface area contributed by atoms with Crippen LogP contribution in [-0.4, -0.2) is 36.0 Å². The van der Waals surface area contributed by atoms with Crippen LogP contribution in [0.1, 0.15) is 46.4 Å². The van der Waals surface area contributed by atoms with Crippen LogP contribution in [0.2, 0.25) is 0 Å². The number of carbonyl (C=O) groups is 1. The summed E-state index contributed by atoms with van der Waals surface area (Å²) < 4.78 is 44.6. The van der Waals surface area contributed by atoms with Crippen molar-refractivity contribution in [2.24, 2.45) is 0 Å². The van der Waals surface area contributed by atoms with Crippen LogP contribution in [0, 0.1) is 6.92 Å². The largest absolute Gasteiger partial charge is 0.480 e. The van der Waals surface area contributed by atoms with Gasteiger partial charge in [0, 0.05) is 54.3 Å². The zero-order valence-corrected chi connectivity index (χ0v) is 19.2. The Hall–Kier alpha value is -3.42. The van der Waals surface area contributed by atoms with Gasteiger partial charge in [0.25, 0.3) is 0 Å². The molecule has 0 unspecified atom stereocenters. The molecule has 0 saturated carbocycles. The number of nitrogens with zero attached hydrogens (tertiary/aromatic N) is 3. The highest BCUT2D eigenvalue weighted by Crippen LogP contribution is 2.34. The minimum atomic E-state index is -4.50. The van der Waals surface area contributed by atoms with Crippen LogP contribution in [0.5, 0.6) is 5.88 Å². The fourth-order valence-corrected chi connectivity index (χ4v) is 4.23. The number of alkyl halides is 3. The van der Waals surface area contributed by atoms with Crippen molar-refractivity contribution < 1.29 is 22.7 Å². The van der Waals surface area contributed by atoms with Crippen molar-refractivity contribution in [3.63, 3.8) is 0 Å². The lowest BCUT2D eigenvalue weighted by Crippen LogP contribution is -2.29. The highest BCUT2D eigenvalue weighted by Gasteiger charge is 2.31. The number of aryl methyl sites for hydroxylation is 1. The normalized spacial score (nSPS) is 14.2. The van der Waals surface area contributed by atoms with E-state index in [1.54, 1.807) is 19.5 Å². The topological polar surface area (TPSA) is 55.3 Å². The van der Waals surface area contributed by atoms with Gasteiger partial charge < -0.3 is 9.64 Å². The van der Waals surface area contributed by atoms with E-state index in [2.05, 4.69) is 14.9 Å². The fraction of sp³-hybridized carbons (Fsp3) is 0.346. The predicted octanol–water partition coefficient (Wildman–Crippen LogP) is 5.90. The van der Waals surface area contributed by atoms with Crippen LogP contribution < -0.4 is 9.64 Å². The number of methoxy groups -OCH3 is 1. The number of ketones is 1. The number of hydrogen-bond donors (Lipinski definition) is 0. The van der Waals surface area contributed by atoms with Crippen molar-refractivity contribution in [1.29, 1.82) is 0 Å². The number of Topliss-reactive ketones (excluding diaryl/α,β-unsaturated/α-hetero) is 1. The molecule has 0 N–H and O–H groups in total. The van der Waals surface area contributed by atoms with Crippen molar-refractivity contribution in [3.8, 4) is 17.0 Å². The van der Waals surface area contributed by atoms with Crippen LogP contribution in [0.15, 0.2) is 48.8 Å². The highest BCUT2D eigenvalue weighted by molar-refractivity contribution is 5.97. The molecule has 0 radical (unpaired) electrons. The van der Waals surface area contributed by atoms with Crippen LogP contribution >= 0.6 is 0 Å². The molecule has 0 amide bonds. The van der Waals surface area contributed by atoms with Crippen LogP contribution in [0.25, 0.3) is 11.1 Å². The van der Waals surface area contributed by atoms with E-state index in [1.807, 2.05) is 19.1 Å². The fourth-order valence-electron chi connectivity index (χ4n) is 4.23. The minimum Gasteiger partial charge on any atom is -0.480 e. The summed E-state index contributed by atoms with van der Waals surface area (Å²) in [5, 5.41) is 0. The van der Waals surface area contributed by atoms with Gasteiger partial charge in [0.2, 0.25) is 5.88 Å². The average molecular weight is 470 g/mol. The van der Waals surface area contributed by atoms with Gasteiger partial charge in [0.1, 0.15) is 5.69 Å². The van der Waals surface area contributed by atoms with Gasteiger partial charge in [-0.05, 0) is 56.0 Å². The van der Waals surface area contributed by atoms with E-state index in [-0.39, 0.29) is 12.0 Å². The molecule has 3 heterocycles. The molecule has 0 bridgehead atoms. The molecule has 0 aliphatic carbocycles. The quantitative estimate of drug-likeness (QED) is 0.421. The summed E-state index contributed by atoms with van der Waals surface area (Å²) in [6, 6.07) is 8.39. The molecule has 1 aromatic carbocycles. The van der Waals surface area contributed by atoms with Gasteiger partial charge in [0.05, 0.1) is 12.7 Å². The van der Waals surface area contributed by atoms with E-state index >= 15 is 0 Å². The van der Waals surface area contributed by atoms with Crippen molar-refractivity contribution >= 4 is 11.5 Å². The maximum atomic E-state index is 13.0. The Morgan fingerprint density at radius 1 is 1.06 bits per heavy atom. The number of rotatable bonds is 6. The summed E-state index contributed by atoms with van der Waals surface area (Å²) in [5.41, 5.74) is 3.17. The van der Waals surface area contributed by atoms with E-state index in [4.69, 9.17) is 4.74 Å². The molecule has 1 saturated heterocycles. The predicted molar refractivity (Wildman–Crippen MR) is 124 cm³/mol. The Balaban J connectivity index is 1.62. The molecule has 1 aliphatic heterocycles. The van der Waals surface area contributed by atoms with Gasteiger partial charge in [-0.25, -0.2) is 4.98 Å². The number of hydrogen-bond acceptors (Lipinski definition) is 5. The Morgan fingerprint density at radius 3 is 2.53 bits per heavy atom. The van der Waals surface area contributed by atoms with E-state index in [1.165, 1.54) is 18.6 Å². The summed E-state index contributed by atoms with van der Waals surface area (Å²) in [6.07, 6.45) is 2.19. The summed E-state index contributed by atoms with van der Waals surface area (Å²) in [4.78, 5) is 23.9. The average Bonchev–Trinajstić information content (AvgIpc) is 2.85. The Kier molecular flexibility index (Phi) is 6.86. The number of aromatic nitrogens is 2. The molecule has 34 heavy (non-hydrogen) atoms. The molecule has 3 aromatic rings. The maximum Gasteiger partial charge on any atom is 0.416 e. The lowest BCUT2D eigenvalue weighted by atomic mass is 9.98. The zero-order valence-electron chi connectivity index (χ0n) is 19.2. The smallest absolute Gasteiger partial charge is 0.416 e. The lowest BCUT2D eigenvalue weighted by molar-refractivity contribution is -0.137. The van der Waals surface area contributed by atoms with Crippen LogP contribution in [-0.2, 0) is 12.6 Å². The van der Waals surface area contributed by atoms with Gasteiger partial charge in [-0.15, -0.1) is 0 Å². The summed E-state index contributed by atoms with van der Waals surface area (Å²) in [5.74, 6) is 0.164. The molecule has 0 spiro atoms. The molecule has 4 rings (SSSR count). The van der Waals surface area contributed by atoms with Gasteiger partial charge in [-0.1, -0.05) is 12.1 Å². The summed E-state index contributed by atoms with van der Waals surface area (Å²) in [7, 11) is 1.60. The van der Waals surface area contributed by atoms with E-state index in [0.29, 0.717) is 11.4 Å². The van der Waals surface area contributed by atoms with Gasteiger partial charge in [-0.2, -0.15) is 13.2 Å². The van der Waals surface area contributed by atoms with Gasteiger partial charge in [-0.3, -0.25) is 9.78 Å². The number of carbonyl (C=O) groups excluding carboxylic acids is 1. The first-order valence-corrected chi connectivity index (χ1v) is 11.2. The molecule has 178 valence electrons. The zero-order chi connectivity index (χ0) is 24.3. The monoisotopic (exact) mass is 469 g/mol. The van der Waals surface area contributed by atoms with Gasteiger partial charge in [0.15, 0.2) is 5.78 Å². The first kappa shape index (κ1) is 23.7. The van der Waals surface area contributed by atoms with E-state index in [0.717, 1.165) is 60.6 Å². The first-order chi connectivity index (χ1) is 16.3. The standard InChI is InChI=1S/C26H26F3N3O2/c1-17-22(20-14-23(25(34-2)31-16-20)32-9-4-3-5-10-32)11-18(15-30-17)12-24(33)19-7-6-8-21(13-19)26(27,28)29/h6-8,11,13-16H,3-5,9-10,12H2,1-2H3. The molecule has 1 aliphatic rings. The van der Waals surface area contributed by atoms with Crippen molar-refractivity contribution in [3.05, 3.63) is 71.2 Å². The summed E-state index contributed by atoms with van der Waals surface area (Å²) in [6.45, 7) is 3.74. The first-order valence-electron chi connectivity index (χ1n) is 11.2. The second-order valence-corrected chi connectivity index (χ2v) is 8.46. The number of pyridine rings is 2. The van der Waals surface area contributed by atoms with E-state index < -0.39 is 17.5 Å². The summed E-state index contributed by atoms with van der Waals surface area (Å²) >= 11 is 0. The molecule has 0 atom stereocenters. The number of benzene rings is 1. The highest BCUT2D eigenvalue weighted by atomic mass is 19.4. The van der Waals surface area contributed by atoms with Crippen molar-refractivity contribution in [1.82, 2.24) is 9.97 Å². The van der Waals surface area contributed by atoms with E-state index in [9.17, 15) is 18.0 Å². The Morgan fingerprint density at radius 2 is 1.82 bits per heavy atom. The number of ether oxygens (including phenoxy) is 1. The molecule has 1 fully saturated rings. The number of halogens is 3. The Bertz CT molecular complexity index is 1190. The molecular formula is C26H26F3N3O2. The second-order valence-electron chi connectivity index (χ2n) is 8.46. The molecule has 2 aromatic heterocycles. The SMILES string of the molecule is COc1ncc(-c2cc(CC(=O)c3cccc(C(F)(F)F)c3)cnc2C)cc1N1CCCCC1. The second kappa shape index (κ2) is 9.83. The van der Waals surface area contributed by atoms with Gasteiger partial charge >= 0.3 is 6.18 Å². The number of anilines is 1. The third kappa shape index (κ3) is 5.21. The van der Waals surface area contributed by atoms with Crippen LogP contribution in [0.3, 0.4) is 0 Å².